The van der Waals surface area contributed by atoms with E-state index in [4.69, 9.17) is 16.6 Å². The molecule has 0 spiro atoms. The molecule has 1 amide bonds. The molecule has 0 aliphatic carbocycles. The third kappa shape index (κ3) is 4.47. The second-order valence-electron chi connectivity index (χ2n) is 7.50. The van der Waals surface area contributed by atoms with Crippen molar-refractivity contribution in [2.75, 3.05) is 32.7 Å². The number of hydrogen-bond acceptors (Lipinski definition) is 4. The minimum Gasteiger partial charge on any atom is -0.341 e. The molecule has 27 heavy (non-hydrogen) atoms. The number of nitrogens with zero attached hydrogens (tertiary/aromatic N) is 4. The van der Waals surface area contributed by atoms with Crippen LogP contribution in [0.4, 0.5) is 0 Å². The molecule has 6 heteroatoms. The lowest BCUT2D eigenvalue weighted by Crippen LogP contribution is -2.44. The van der Waals surface area contributed by atoms with Gasteiger partial charge in [0, 0.05) is 35.8 Å². The van der Waals surface area contributed by atoms with E-state index in [-0.39, 0.29) is 11.8 Å². The summed E-state index contributed by atoms with van der Waals surface area (Å²) in [5, 5.41) is 0.691. The predicted octanol–water partition coefficient (Wildman–Crippen LogP) is 3.60. The van der Waals surface area contributed by atoms with Gasteiger partial charge in [-0.25, -0.2) is 4.98 Å². The van der Waals surface area contributed by atoms with Gasteiger partial charge in [-0.1, -0.05) is 23.7 Å². The lowest BCUT2D eigenvalue weighted by Gasteiger charge is -2.33. The quantitative estimate of drug-likeness (QED) is 0.808. The molecule has 2 saturated heterocycles. The van der Waals surface area contributed by atoms with E-state index in [2.05, 4.69) is 9.88 Å². The Morgan fingerprint density at radius 2 is 2.00 bits per heavy atom. The number of hydrogen-bond donors (Lipinski definition) is 0. The zero-order chi connectivity index (χ0) is 18.6. The molecule has 2 aromatic rings. The summed E-state index contributed by atoms with van der Waals surface area (Å²) in [4.78, 5) is 26.2. The summed E-state index contributed by atoms with van der Waals surface area (Å²) < 4.78 is 0. The fourth-order valence-corrected chi connectivity index (χ4v) is 4.23. The van der Waals surface area contributed by atoms with Gasteiger partial charge in [0.25, 0.3) is 0 Å². The average Bonchev–Trinajstić information content (AvgIpc) is 3.21. The minimum absolute atomic E-state index is 0.243. The molecule has 2 aliphatic rings. The van der Waals surface area contributed by atoms with Crippen molar-refractivity contribution in [3.8, 4) is 11.3 Å². The van der Waals surface area contributed by atoms with Crippen LogP contribution in [-0.4, -0.2) is 58.4 Å². The predicted molar refractivity (Wildman–Crippen MR) is 107 cm³/mol. The zero-order valence-corrected chi connectivity index (χ0v) is 16.2. The Morgan fingerprint density at radius 1 is 1.15 bits per heavy atom. The van der Waals surface area contributed by atoms with Crippen molar-refractivity contribution in [2.45, 2.75) is 31.6 Å². The minimum atomic E-state index is 0.243. The second kappa shape index (κ2) is 8.36. The summed E-state index contributed by atoms with van der Waals surface area (Å²) in [7, 11) is 0. The summed E-state index contributed by atoms with van der Waals surface area (Å²) in [6, 6.07) is 7.67. The van der Waals surface area contributed by atoms with E-state index in [1.54, 1.807) is 6.20 Å². The number of rotatable bonds is 4. The number of carbonyl (C=O) groups is 1. The van der Waals surface area contributed by atoms with Gasteiger partial charge in [-0.15, -0.1) is 0 Å². The third-order valence-electron chi connectivity index (χ3n) is 5.52. The highest BCUT2D eigenvalue weighted by Gasteiger charge is 2.27. The first-order valence-corrected chi connectivity index (χ1v) is 10.1. The molecule has 1 unspecified atom stereocenters. The highest BCUT2D eigenvalue weighted by molar-refractivity contribution is 6.30. The summed E-state index contributed by atoms with van der Waals surface area (Å²) >= 11 is 6.11. The van der Waals surface area contributed by atoms with E-state index >= 15 is 0 Å². The molecule has 0 radical (unpaired) electrons. The molecule has 2 aliphatic heterocycles. The lowest BCUT2D eigenvalue weighted by molar-refractivity contribution is -0.133. The van der Waals surface area contributed by atoms with Crippen LogP contribution in [0, 0.1) is 0 Å². The third-order valence-corrected chi connectivity index (χ3v) is 5.76. The maximum atomic E-state index is 12.7. The molecule has 0 bridgehead atoms. The Bertz CT molecular complexity index is 806. The van der Waals surface area contributed by atoms with Crippen molar-refractivity contribution in [1.29, 1.82) is 0 Å². The highest BCUT2D eigenvalue weighted by atomic mass is 35.5. The van der Waals surface area contributed by atoms with E-state index in [1.165, 1.54) is 12.8 Å². The van der Waals surface area contributed by atoms with Crippen LogP contribution in [0.25, 0.3) is 11.3 Å². The Kier molecular flexibility index (Phi) is 5.69. The first-order chi connectivity index (χ1) is 13.2. The van der Waals surface area contributed by atoms with Crippen LogP contribution < -0.4 is 0 Å². The smallest absolute Gasteiger partial charge is 0.236 e. The molecule has 1 aromatic carbocycles. The van der Waals surface area contributed by atoms with E-state index in [0.29, 0.717) is 11.6 Å². The van der Waals surface area contributed by atoms with Crippen LogP contribution in [0.1, 0.15) is 37.3 Å². The number of halogens is 1. The van der Waals surface area contributed by atoms with E-state index in [9.17, 15) is 4.79 Å². The molecule has 142 valence electrons. The molecule has 0 N–H and O–H groups in total. The van der Waals surface area contributed by atoms with Crippen molar-refractivity contribution >= 4 is 17.5 Å². The van der Waals surface area contributed by atoms with Crippen molar-refractivity contribution in [1.82, 2.24) is 19.8 Å². The molecule has 1 aromatic heterocycles. The number of likely N-dealkylation sites (tertiary alicyclic amines) is 2. The molecule has 5 nitrogen and oxygen atoms in total. The monoisotopic (exact) mass is 384 g/mol. The Balaban J connectivity index is 1.46. The fraction of sp³-hybridized carbons (Fsp3) is 0.476. The first-order valence-electron chi connectivity index (χ1n) is 9.77. The normalized spacial score (nSPS) is 20.8. The number of amides is 1. The Hall–Kier alpha value is -1.98. The highest BCUT2D eigenvalue weighted by Crippen LogP contribution is 2.28. The Morgan fingerprint density at radius 3 is 2.81 bits per heavy atom. The van der Waals surface area contributed by atoms with Gasteiger partial charge in [-0.05, 0) is 50.9 Å². The maximum absolute atomic E-state index is 12.7. The SMILES string of the molecule is O=C(CN1CCCC1)N1CCCC(c2cncc(-c3cccc(Cl)c3)n2)C1. The van der Waals surface area contributed by atoms with Crippen LogP contribution in [0.5, 0.6) is 0 Å². The van der Waals surface area contributed by atoms with Crippen molar-refractivity contribution in [3.63, 3.8) is 0 Å². The van der Waals surface area contributed by atoms with Crippen molar-refractivity contribution < 1.29 is 4.79 Å². The van der Waals surface area contributed by atoms with Gasteiger partial charge in [0.15, 0.2) is 0 Å². The van der Waals surface area contributed by atoms with Gasteiger partial charge in [-0.3, -0.25) is 14.7 Å². The largest absolute Gasteiger partial charge is 0.341 e. The number of piperidine rings is 1. The summed E-state index contributed by atoms with van der Waals surface area (Å²) in [6.07, 6.45) is 8.09. The topological polar surface area (TPSA) is 49.3 Å². The molecule has 1 atom stereocenters. The van der Waals surface area contributed by atoms with Gasteiger partial charge in [0.2, 0.25) is 5.91 Å². The Labute approximate surface area is 165 Å². The average molecular weight is 385 g/mol. The van der Waals surface area contributed by atoms with E-state index in [0.717, 1.165) is 56.0 Å². The first kappa shape index (κ1) is 18.4. The molecule has 0 saturated carbocycles. The van der Waals surface area contributed by atoms with Crippen LogP contribution in [0.2, 0.25) is 5.02 Å². The van der Waals surface area contributed by atoms with Crippen LogP contribution in [0.3, 0.4) is 0 Å². The van der Waals surface area contributed by atoms with Crippen molar-refractivity contribution in [2.24, 2.45) is 0 Å². The summed E-state index contributed by atoms with van der Waals surface area (Å²) in [5.74, 6) is 0.494. The van der Waals surface area contributed by atoms with E-state index < -0.39 is 0 Å². The van der Waals surface area contributed by atoms with Crippen molar-refractivity contribution in [3.05, 3.63) is 47.4 Å². The van der Waals surface area contributed by atoms with Gasteiger partial charge in [-0.2, -0.15) is 0 Å². The van der Waals surface area contributed by atoms with E-state index in [1.807, 2.05) is 35.4 Å². The molecule has 2 fully saturated rings. The number of carbonyl (C=O) groups excluding carboxylic acids is 1. The number of aromatic nitrogens is 2. The fourth-order valence-electron chi connectivity index (χ4n) is 4.04. The summed E-state index contributed by atoms with van der Waals surface area (Å²) in [5.41, 5.74) is 2.76. The van der Waals surface area contributed by atoms with Crippen LogP contribution >= 0.6 is 11.6 Å². The zero-order valence-electron chi connectivity index (χ0n) is 15.5. The maximum Gasteiger partial charge on any atom is 0.236 e. The van der Waals surface area contributed by atoms with Crippen LogP contribution in [0.15, 0.2) is 36.7 Å². The summed E-state index contributed by atoms with van der Waals surface area (Å²) in [6.45, 7) is 4.25. The second-order valence-corrected chi connectivity index (χ2v) is 7.94. The standard InChI is InChI=1S/C21H25ClN4O/c22-18-7-3-5-16(11-18)19-12-23-13-20(24-19)17-6-4-10-26(14-17)21(27)15-25-8-1-2-9-25/h3,5,7,11-13,17H,1-2,4,6,8-10,14-15H2. The van der Waals surface area contributed by atoms with Gasteiger partial charge >= 0.3 is 0 Å². The molecule has 3 heterocycles. The molecule has 4 rings (SSSR count). The molecular weight excluding hydrogens is 360 g/mol. The van der Waals surface area contributed by atoms with Crippen LogP contribution in [-0.2, 0) is 4.79 Å². The lowest BCUT2D eigenvalue weighted by atomic mass is 9.94. The van der Waals surface area contributed by atoms with Gasteiger partial charge in [0.05, 0.1) is 24.1 Å². The van der Waals surface area contributed by atoms with Gasteiger partial charge < -0.3 is 4.90 Å². The molecular formula is C21H25ClN4O. The van der Waals surface area contributed by atoms with Gasteiger partial charge in [0.1, 0.15) is 0 Å². The number of benzene rings is 1.